The average Bonchev–Trinajstić information content (AvgIpc) is 3.27. The second-order valence-corrected chi connectivity index (χ2v) is 6.20. The van der Waals surface area contributed by atoms with E-state index in [1.54, 1.807) is 31.6 Å². The van der Waals surface area contributed by atoms with Gasteiger partial charge >= 0.3 is 0 Å². The third-order valence-corrected chi connectivity index (χ3v) is 4.70. The van der Waals surface area contributed by atoms with Crippen LogP contribution in [-0.4, -0.2) is 50.5 Å². The number of aromatic nitrogens is 4. The molecule has 1 aliphatic heterocycles. The van der Waals surface area contributed by atoms with Gasteiger partial charge in [-0.2, -0.15) is 0 Å². The highest BCUT2D eigenvalue weighted by Crippen LogP contribution is 2.29. The second-order valence-electron chi connectivity index (χ2n) is 6.20. The number of carbonyl (C=O) groups excluding carboxylic acids is 1. The van der Waals surface area contributed by atoms with Crippen molar-refractivity contribution < 1.29 is 9.53 Å². The lowest BCUT2D eigenvalue weighted by molar-refractivity contribution is 0.0790. The van der Waals surface area contributed by atoms with E-state index in [4.69, 9.17) is 9.72 Å². The van der Waals surface area contributed by atoms with Crippen LogP contribution in [0, 0.1) is 0 Å². The van der Waals surface area contributed by atoms with Gasteiger partial charge in [0, 0.05) is 44.5 Å². The molecule has 7 heteroatoms. The fourth-order valence-corrected chi connectivity index (χ4v) is 3.37. The largest absolute Gasteiger partial charge is 0.481 e. The van der Waals surface area contributed by atoms with Crippen LogP contribution in [0.15, 0.2) is 36.7 Å². The number of aryl methyl sites for hydroxylation is 1. The summed E-state index contributed by atoms with van der Waals surface area (Å²) in [5.74, 6) is 1.70. The number of amides is 1. The summed E-state index contributed by atoms with van der Waals surface area (Å²) in [5, 5.41) is 0. The molecule has 3 aromatic heterocycles. The van der Waals surface area contributed by atoms with Crippen LogP contribution >= 0.6 is 0 Å². The lowest BCUT2D eigenvalue weighted by atomic mass is 10.1. The first-order valence-corrected chi connectivity index (χ1v) is 8.24. The van der Waals surface area contributed by atoms with Gasteiger partial charge in [-0.15, -0.1) is 0 Å². The monoisotopic (exact) mass is 337 g/mol. The number of pyridine rings is 2. The molecule has 1 saturated heterocycles. The molecule has 1 fully saturated rings. The van der Waals surface area contributed by atoms with Crippen LogP contribution in [-0.2, 0) is 7.05 Å². The molecular formula is C18H19N5O2. The number of methoxy groups -OCH3 is 1. The zero-order valence-electron chi connectivity index (χ0n) is 14.2. The third-order valence-electron chi connectivity index (χ3n) is 4.70. The summed E-state index contributed by atoms with van der Waals surface area (Å²) in [6, 6.07) is 7.31. The number of carbonyl (C=O) groups is 1. The minimum absolute atomic E-state index is 0.00505. The van der Waals surface area contributed by atoms with Crippen molar-refractivity contribution in [1.29, 1.82) is 0 Å². The van der Waals surface area contributed by atoms with Gasteiger partial charge < -0.3 is 14.2 Å². The van der Waals surface area contributed by atoms with Crippen molar-refractivity contribution >= 4 is 17.1 Å². The van der Waals surface area contributed by atoms with E-state index in [1.807, 2.05) is 28.6 Å². The number of fused-ring (bicyclic) bond motifs is 1. The summed E-state index contributed by atoms with van der Waals surface area (Å²) in [7, 11) is 3.54. The van der Waals surface area contributed by atoms with E-state index < -0.39 is 0 Å². The van der Waals surface area contributed by atoms with E-state index in [1.165, 1.54) is 0 Å². The van der Waals surface area contributed by atoms with Crippen molar-refractivity contribution in [3.05, 3.63) is 48.0 Å². The zero-order chi connectivity index (χ0) is 17.4. The minimum atomic E-state index is -0.00505. The number of rotatable bonds is 3. The van der Waals surface area contributed by atoms with Crippen LogP contribution in [0.5, 0.6) is 5.88 Å². The molecular weight excluding hydrogens is 318 g/mol. The Morgan fingerprint density at radius 3 is 2.88 bits per heavy atom. The van der Waals surface area contributed by atoms with Crippen molar-refractivity contribution in [3.63, 3.8) is 0 Å². The SMILES string of the molecule is COc1ccc(C(=O)N2CC[C@H](c3nc4cccnc4n3C)C2)cn1. The van der Waals surface area contributed by atoms with Gasteiger partial charge in [-0.05, 0) is 24.6 Å². The van der Waals surface area contributed by atoms with Crippen LogP contribution in [0.25, 0.3) is 11.2 Å². The molecule has 4 heterocycles. The lowest BCUT2D eigenvalue weighted by Crippen LogP contribution is -2.28. The fraction of sp³-hybridized carbons (Fsp3) is 0.333. The molecule has 3 aromatic rings. The fourth-order valence-electron chi connectivity index (χ4n) is 3.37. The number of nitrogens with zero attached hydrogens (tertiary/aromatic N) is 5. The van der Waals surface area contributed by atoms with Crippen molar-refractivity contribution in [3.8, 4) is 5.88 Å². The first-order valence-electron chi connectivity index (χ1n) is 8.24. The van der Waals surface area contributed by atoms with Gasteiger partial charge in [0.05, 0.1) is 12.7 Å². The van der Waals surface area contributed by atoms with E-state index in [0.29, 0.717) is 24.5 Å². The smallest absolute Gasteiger partial charge is 0.255 e. The first kappa shape index (κ1) is 15.6. The predicted molar refractivity (Wildman–Crippen MR) is 92.6 cm³/mol. The highest BCUT2D eigenvalue weighted by molar-refractivity contribution is 5.94. The van der Waals surface area contributed by atoms with Crippen molar-refractivity contribution in [1.82, 2.24) is 24.4 Å². The Morgan fingerprint density at radius 1 is 1.28 bits per heavy atom. The molecule has 1 aliphatic rings. The van der Waals surface area contributed by atoms with Crippen molar-refractivity contribution in [2.75, 3.05) is 20.2 Å². The normalized spacial score (nSPS) is 17.2. The maximum Gasteiger partial charge on any atom is 0.255 e. The molecule has 0 spiro atoms. The van der Waals surface area contributed by atoms with Crippen LogP contribution < -0.4 is 4.74 Å². The van der Waals surface area contributed by atoms with Gasteiger partial charge in [-0.25, -0.2) is 15.0 Å². The predicted octanol–water partition coefficient (Wildman–Crippen LogP) is 2.00. The molecule has 0 bridgehead atoms. The number of likely N-dealkylation sites (tertiary alicyclic amines) is 1. The third kappa shape index (κ3) is 2.71. The van der Waals surface area contributed by atoms with E-state index in [0.717, 1.165) is 23.4 Å². The maximum atomic E-state index is 12.7. The van der Waals surface area contributed by atoms with Crippen LogP contribution in [0.3, 0.4) is 0 Å². The number of imidazole rings is 1. The van der Waals surface area contributed by atoms with Gasteiger partial charge in [0.1, 0.15) is 11.3 Å². The van der Waals surface area contributed by atoms with E-state index in [-0.39, 0.29) is 11.8 Å². The second kappa shape index (κ2) is 6.16. The minimum Gasteiger partial charge on any atom is -0.481 e. The van der Waals surface area contributed by atoms with Crippen LogP contribution in [0.2, 0.25) is 0 Å². The van der Waals surface area contributed by atoms with Crippen molar-refractivity contribution in [2.45, 2.75) is 12.3 Å². The summed E-state index contributed by atoms with van der Waals surface area (Å²) in [5.41, 5.74) is 2.35. The summed E-state index contributed by atoms with van der Waals surface area (Å²) < 4.78 is 7.07. The highest BCUT2D eigenvalue weighted by Gasteiger charge is 2.31. The Bertz CT molecular complexity index is 919. The topological polar surface area (TPSA) is 73.1 Å². The van der Waals surface area contributed by atoms with Crippen molar-refractivity contribution in [2.24, 2.45) is 7.05 Å². The molecule has 1 atom stereocenters. The zero-order valence-corrected chi connectivity index (χ0v) is 14.2. The number of ether oxygens (including phenoxy) is 1. The summed E-state index contributed by atoms with van der Waals surface area (Å²) in [4.78, 5) is 27.8. The van der Waals surface area contributed by atoms with Gasteiger partial charge in [-0.1, -0.05) is 0 Å². The Kier molecular flexibility index (Phi) is 3.83. The van der Waals surface area contributed by atoms with Crippen LogP contribution in [0.4, 0.5) is 0 Å². The standard InChI is InChI=1S/C18H19N5O2/c1-22-16(21-14-4-3-8-19-17(14)22)13-7-9-23(11-13)18(24)12-5-6-15(25-2)20-10-12/h3-6,8,10,13H,7,9,11H2,1-2H3/t13-/m0/s1. The molecule has 0 saturated carbocycles. The van der Waals surface area contributed by atoms with E-state index in [2.05, 4.69) is 9.97 Å². The summed E-state index contributed by atoms with van der Waals surface area (Å²) >= 11 is 0. The average molecular weight is 337 g/mol. The Morgan fingerprint density at radius 2 is 2.16 bits per heavy atom. The van der Waals surface area contributed by atoms with E-state index >= 15 is 0 Å². The summed E-state index contributed by atoms with van der Waals surface area (Å²) in [6.07, 6.45) is 4.23. The van der Waals surface area contributed by atoms with Gasteiger partial charge in [-0.3, -0.25) is 4.79 Å². The molecule has 0 aromatic carbocycles. The molecule has 4 rings (SSSR count). The molecule has 1 amide bonds. The first-order chi connectivity index (χ1) is 12.2. The number of hydrogen-bond donors (Lipinski definition) is 0. The van der Waals surface area contributed by atoms with Gasteiger partial charge in [0.2, 0.25) is 5.88 Å². The van der Waals surface area contributed by atoms with Crippen LogP contribution in [0.1, 0.15) is 28.5 Å². The molecule has 0 N–H and O–H groups in total. The number of hydrogen-bond acceptors (Lipinski definition) is 5. The Balaban J connectivity index is 1.53. The van der Waals surface area contributed by atoms with E-state index in [9.17, 15) is 4.79 Å². The molecule has 0 aliphatic carbocycles. The molecule has 128 valence electrons. The Hall–Kier alpha value is -2.96. The highest BCUT2D eigenvalue weighted by atomic mass is 16.5. The summed E-state index contributed by atoms with van der Waals surface area (Å²) in [6.45, 7) is 1.37. The van der Waals surface area contributed by atoms with Gasteiger partial charge in [0.15, 0.2) is 5.65 Å². The molecule has 0 radical (unpaired) electrons. The van der Waals surface area contributed by atoms with Gasteiger partial charge in [0.25, 0.3) is 5.91 Å². The molecule has 0 unspecified atom stereocenters. The quantitative estimate of drug-likeness (QED) is 0.731. The maximum absolute atomic E-state index is 12.7. The molecule has 25 heavy (non-hydrogen) atoms. The lowest BCUT2D eigenvalue weighted by Gasteiger charge is -2.16. The molecule has 7 nitrogen and oxygen atoms in total. The Labute approximate surface area is 145 Å².